The van der Waals surface area contributed by atoms with Gasteiger partial charge in [-0.05, 0) is 0 Å². The Hall–Kier alpha value is -1.69. The van der Waals surface area contributed by atoms with Crippen LogP contribution in [0.4, 0.5) is 0 Å². The summed E-state index contributed by atoms with van der Waals surface area (Å²) in [6, 6.07) is 0. The number of halogens is 1. The van der Waals surface area contributed by atoms with Gasteiger partial charge in [0.25, 0.3) is 0 Å². The normalized spacial score (nSPS) is 9.80. The van der Waals surface area contributed by atoms with E-state index in [2.05, 4.69) is 4.98 Å². The minimum atomic E-state index is -1.43. The van der Waals surface area contributed by atoms with Gasteiger partial charge >= 0.3 is 5.97 Å². The van der Waals surface area contributed by atoms with E-state index in [9.17, 15) is 9.59 Å². The molecule has 0 saturated heterocycles. The molecule has 0 amide bonds. The number of rotatable bonds is 3. The Labute approximate surface area is 89.4 Å². The molecule has 1 aromatic rings. The van der Waals surface area contributed by atoms with Crippen LogP contribution in [0.5, 0.6) is 11.6 Å². The molecule has 2 N–H and O–H groups in total. The van der Waals surface area contributed by atoms with Gasteiger partial charge in [0.1, 0.15) is 10.7 Å². The second-order valence-corrected chi connectivity index (χ2v) is 2.89. The maximum Gasteiger partial charge on any atom is 0.342 e. The summed E-state index contributed by atoms with van der Waals surface area (Å²) < 4.78 is 9.50. The lowest BCUT2D eigenvalue weighted by atomic mass is 10.2. The van der Waals surface area contributed by atoms with Crippen LogP contribution < -0.4 is 14.9 Å². The monoisotopic (exact) mass is 233 g/mol. The predicted molar refractivity (Wildman–Crippen MR) is 52.1 cm³/mol. The molecule has 0 spiro atoms. The van der Waals surface area contributed by atoms with E-state index in [1.807, 2.05) is 0 Å². The van der Waals surface area contributed by atoms with Gasteiger partial charge in [-0.25, -0.2) is 4.79 Å². The summed E-state index contributed by atoms with van der Waals surface area (Å²) in [6.45, 7) is 0. The average molecular weight is 234 g/mol. The third-order valence-corrected chi connectivity index (χ3v) is 1.99. The molecule has 0 unspecified atom stereocenters. The standard InChI is InChI=1S/C8H8ClNO5/c1-14-5-4(11)3(8(12)13)6(9)10-7(5)15-2/h1-2H3,(H,10,11)(H,12,13). The van der Waals surface area contributed by atoms with Crippen molar-refractivity contribution in [2.24, 2.45) is 0 Å². The number of aromatic nitrogens is 1. The van der Waals surface area contributed by atoms with Crippen molar-refractivity contribution in [1.29, 1.82) is 0 Å². The first-order chi connectivity index (χ1) is 7.02. The van der Waals surface area contributed by atoms with E-state index in [0.29, 0.717) is 0 Å². The highest BCUT2D eigenvalue weighted by Crippen LogP contribution is 2.23. The zero-order chi connectivity index (χ0) is 11.6. The van der Waals surface area contributed by atoms with Gasteiger partial charge in [-0.15, -0.1) is 0 Å². The van der Waals surface area contributed by atoms with Gasteiger partial charge in [-0.1, -0.05) is 11.6 Å². The number of carboxylic acid groups (broad SMARTS) is 1. The lowest BCUT2D eigenvalue weighted by Crippen LogP contribution is -2.19. The van der Waals surface area contributed by atoms with Gasteiger partial charge in [-0.2, -0.15) is 0 Å². The molecule has 0 aliphatic carbocycles. The fraction of sp³-hybridized carbons (Fsp3) is 0.250. The van der Waals surface area contributed by atoms with E-state index < -0.39 is 17.0 Å². The van der Waals surface area contributed by atoms with Crippen molar-refractivity contribution in [3.8, 4) is 11.6 Å². The maximum absolute atomic E-state index is 11.6. The van der Waals surface area contributed by atoms with Crippen LogP contribution in [-0.4, -0.2) is 30.3 Å². The smallest absolute Gasteiger partial charge is 0.342 e. The number of aromatic amines is 1. The third kappa shape index (κ3) is 1.89. The first-order valence-electron chi connectivity index (χ1n) is 3.80. The van der Waals surface area contributed by atoms with Crippen molar-refractivity contribution < 1.29 is 19.4 Å². The molecule has 82 valence electrons. The number of pyridine rings is 1. The van der Waals surface area contributed by atoms with Crippen LogP contribution in [0.15, 0.2) is 4.79 Å². The average Bonchev–Trinajstić information content (AvgIpc) is 2.16. The maximum atomic E-state index is 11.6. The van der Waals surface area contributed by atoms with E-state index in [4.69, 9.17) is 26.2 Å². The van der Waals surface area contributed by atoms with Crippen LogP contribution >= 0.6 is 11.6 Å². The zero-order valence-electron chi connectivity index (χ0n) is 7.96. The van der Waals surface area contributed by atoms with E-state index in [1.165, 1.54) is 14.2 Å². The van der Waals surface area contributed by atoms with Gasteiger partial charge in [-0.3, -0.25) is 4.79 Å². The van der Waals surface area contributed by atoms with Crippen LogP contribution in [0.3, 0.4) is 0 Å². The summed E-state index contributed by atoms with van der Waals surface area (Å²) in [4.78, 5) is 24.7. The van der Waals surface area contributed by atoms with E-state index in [1.54, 1.807) is 0 Å². The van der Waals surface area contributed by atoms with Gasteiger partial charge < -0.3 is 19.6 Å². The molecule has 0 fully saturated rings. The van der Waals surface area contributed by atoms with E-state index >= 15 is 0 Å². The number of carbonyl (C=O) groups is 1. The molecule has 0 aromatic carbocycles. The van der Waals surface area contributed by atoms with Crippen molar-refractivity contribution in [2.45, 2.75) is 0 Å². The predicted octanol–water partition coefficient (Wildman–Crippen LogP) is 0.744. The number of methoxy groups -OCH3 is 2. The van der Waals surface area contributed by atoms with Crippen LogP contribution in [0, 0.1) is 0 Å². The summed E-state index contributed by atoms with van der Waals surface area (Å²) >= 11 is 5.57. The van der Waals surface area contributed by atoms with Crippen molar-refractivity contribution in [3.63, 3.8) is 0 Å². The van der Waals surface area contributed by atoms with Crippen molar-refractivity contribution >= 4 is 17.6 Å². The fourth-order valence-electron chi connectivity index (χ4n) is 1.06. The van der Waals surface area contributed by atoms with Gasteiger partial charge in [0, 0.05) is 0 Å². The first-order valence-corrected chi connectivity index (χ1v) is 4.17. The Kier molecular flexibility index (Phi) is 3.21. The Balaban J connectivity index is 3.59. The number of hydrogen-bond donors (Lipinski definition) is 2. The Morgan fingerprint density at radius 1 is 1.40 bits per heavy atom. The minimum Gasteiger partial charge on any atom is -0.488 e. The molecule has 0 saturated carbocycles. The SMILES string of the molecule is COc1[nH]c(Cl)c(C(=O)O)c(=O)c1OC. The topological polar surface area (TPSA) is 88.6 Å². The second kappa shape index (κ2) is 4.22. The molecule has 0 aliphatic rings. The molecule has 6 nitrogen and oxygen atoms in total. The third-order valence-electron chi connectivity index (χ3n) is 1.70. The molecule has 15 heavy (non-hydrogen) atoms. The Morgan fingerprint density at radius 2 is 2.00 bits per heavy atom. The molecule has 0 bridgehead atoms. The molecular formula is C8H8ClNO5. The summed E-state index contributed by atoms with van der Waals surface area (Å²) in [7, 11) is 2.52. The summed E-state index contributed by atoms with van der Waals surface area (Å²) in [5.41, 5.74) is -1.40. The number of hydrogen-bond acceptors (Lipinski definition) is 4. The summed E-state index contributed by atoms with van der Waals surface area (Å²) in [6.07, 6.45) is 0. The number of aromatic carboxylic acids is 1. The van der Waals surface area contributed by atoms with Crippen molar-refractivity contribution in [3.05, 3.63) is 20.9 Å². The van der Waals surface area contributed by atoms with Crippen molar-refractivity contribution in [1.82, 2.24) is 4.98 Å². The number of carboxylic acids is 1. The molecule has 0 aliphatic heterocycles. The molecule has 1 rings (SSSR count). The van der Waals surface area contributed by atoms with E-state index in [0.717, 1.165) is 0 Å². The largest absolute Gasteiger partial charge is 0.488 e. The molecule has 7 heteroatoms. The van der Waals surface area contributed by atoms with Crippen LogP contribution in [0.25, 0.3) is 0 Å². The molecule has 1 heterocycles. The van der Waals surface area contributed by atoms with Crippen LogP contribution in [0.2, 0.25) is 5.15 Å². The lowest BCUT2D eigenvalue weighted by molar-refractivity contribution is 0.0694. The quantitative estimate of drug-likeness (QED) is 0.752. The van der Waals surface area contributed by atoms with Gasteiger partial charge in [0.15, 0.2) is 0 Å². The van der Waals surface area contributed by atoms with Crippen LogP contribution in [-0.2, 0) is 0 Å². The second-order valence-electron chi connectivity index (χ2n) is 2.51. The van der Waals surface area contributed by atoms with Crippen LogP contribution in [0.1, 0.15) is 10.4 Å². The Morgan fingerprint density at radius 3 is 2.40 bits per heavy atom. The van der Waals surface area contributed by atoms with Gasteiger partial charge in [0.2, 0.25) is 17.1 Å². The zero-order valence-corrected chi connectivity index (χ0v) is 8.71. The highest BCUT2D eigenvalue weighted by Gasteiger charge is 2.21. The highest BCUT2D eigenvalue weighted by molar-refractivity contribution is 6.32. The summed E-state index contributed by atoms with van der Waals surface area (Å²) in [5, 5.41) is 8.43. The number of ether oxygens (including phenoxy) is 2. The minimum absolute atomic E-state index is 0.0162. The molecule has 0 atom stereocenters. The summed E-state index contributed by atoms with van der Waals surface area (Å²) in [5.74, 6) is -1.67. The fourth-order valence-corrected chi connectivity index (χ4v) is 1.31. The van der Waals surface area contributed by atoms with Gasteiger partial charge in [0.05, 0.1) is 14.2 Å². The number of nitrogens with one attached hydrogen (secondary N) is 1. The number of H-pyrrole nitrogens is 1. The first kappa shape index (κ1) is 11.4. The molecular weight excluding hydrogens is 226 g/mol. The highest BCUT2D eigenvalue weighted by atomic mass is 35.5. The lowest BCUT2D eigenvalue weighted by Gasteiger charge is -2.08. The Bertz CT molecular complexity index is 453. The molecule has 0 radical (unpaired) electrons. The molecule has 1 aromatic heterocycles. The van der Waals surface area contributed by atoms with Crippen molar-refractivity contribution in [2.75, 3.05) is 14.2 Å². The van der Waals surface area contributed by atoms with E-state index in [-0.39, 0.29) is 16.8 Å².